The first-order valence-corrected chi connectivity index (χ1v) is 10.8. The summed E-state index contributed by atoms with van der Waals surface area (Å²) in [5.74, 6) is 0.738. The van der Waals surface area contributed by atoms with Gasteiger partial charge in [0, 0.05) is 51.9 Å². The average molecular weight is 426 g/mol. The second kappa shape index (κ2) is 10.7. The van der Waals surface area contributed by atoms with E-state index in [1.165, 1.54) is 6.20 Å². The predicted octanol–water partition coefficient (Wildman–Crippen LogP) is 2.38. The van der Waals surface area contributed by atoms with Crippen LogP contribution in [0.4, 0.5) is 5.69 Å². The first-order chi connectivity index (χ1) is 15.0. The molecular weight excluding hydrogens is 394 g/mol. The maximum Gasteiger partial charge on any atom is 0.274 e. The van der Waals surface area contributed by atoms with Gasteiger partial charge in [0.1, 0.15) is 11.4 Å². The minimum absolute atomic E-state index is 0.0728. The lowest BCUT2D eigenvalue weighted by molar-refractivity contribution is -0.131. The van der Waals surface area contributed by atoms with Gasteiger partial charge < -0.3 is 19.4 Å². The third-order valence-electron chi connectivity index (χ3n) is 5.43. The number of hydrogen-bond donors (Lipinski definition) is 0. The molecule has 3 rings (SSSR count). The van der Waals surface area contributed by atoms with Crippen molar-refractivity contribution in [3.8, 4) is 5.75 Å². The van der Waals surface area contributed by atoms with Crippen molar-refractivity contribution in [1.82, 2.24) is 19.8 Å². The van der Waals surface area contributed by atoms with Crippen molar-refractivity contribution in [3.63, 3.8) is 0 Å². The normalized spacial score (nSPS) is 13.8. The molecule has 2 heterocycles. The van der Waals surface area contributed by atoms with E-state index < -0.39 is 0 Å². The van der Waals surface area contributed by atoms with E-state index >= 15 is 0 Å². The molecule has 1 aromatic heterocycles. The number of ether oxygens (including phenoxy) is 1. The summed E-state index contributed by atoms with van der Waals surface area (Å²) in [7, 11) is 1.67. The van der Waals surface area contributed by atoms with Crippen LogP contribution < -0.4 is 9.64 Å². The molecular formula is C23H31N5O3. The molecule has 31 heavy (non-hydrogen) atoms. The van der Waals surface area contributed by atoms with Crippen molar-refractivity contribution in [2.75, 3.05) is 51.3 Å². The van der Waals surface area contributed by atoms with E-state index in [0.29, 0.717) is 38.3 Å². The maximum atomic E-state index is 12.8. The molecule has 1 aliphatic heterocycles. The number of aromatic nitrogens is 2. The van der Waals surface area contributed by atoms with Gasteiger partial charge in [-0.15, -0.1) is 0 Å². The molecule has 166 valence electrons. The Morgan fingerprint density at radius 1 is 1.06 bits per heavy atom. The zero-order chi connectivity index (χ0) is 22.2. The SMILES string of the molecule is CCCN(CCC(=O)N1CCN(c2ccccc2OC)CC1)C(=O)c1cnc(C)cn1. The van der Waals surface area contributed by atoms with E-state index in [0.717, 1.165) is 36.6 Å². The van der Waals surface area contributed by atoms with Gasteiger partial charge in [0.2, 0.25) is 5.91 Å². The summed E-state index contributed by atoms with van der Waals surface area (Å²) >= 11 is 0. The second-order valence-electron chi connectivity index (χ2n) is 7.62. The number of para-hydroxylation sites is 2. The van der Waals surface area contributed by atoms with Crippen LogP contribution in [0.1, 0.15) is 35.9 Å². The van der Waals surface area contributed by atoms with E-state index in [1.807, 2.05) is 43.0 Å². The Morgan fingerprint density at radius 3 is 2.45 bits per heavy atom. The molecule has 2 aromatic rings. The van der Waals surface area contributed by atoms with Crippen LogP contribution in [0.2, 0.25) is 0 Å². The summed E-state index contributed by atoms with van der Waals surface area (Å²) in [6.07, 6.45) is 4.21. The number of nitrogens with zero attached hydrogens (tertiary/aromatic N) is 5. The van der Waals surface area contributed by atoms with Crippen molar-refractivity contribution in [1.29, 1.82) is 0 Å². The standard InChI is InChI=1S/C23H31N5O3/c1-4-10-28(23(30)19-17-24-18(2)16-25-19)11-9-22(29)27-14-12-26(13-15-27)20-7-5-6-8-21(20)31-3/h5-8,16-17H,4,9-15H2,1-3H3. The molecule has 0 spiro atoms. The third-order valence-corrected chi connectivity index (χ3v) is 5.43. The average Bonchev–Trinajstić information content (AvgIpc) is 2.81. The Hall–Kier alpha value is -3.16. The Labute approximate surface area is 183 Å². The Morgan fingerprint density at radius 2 is 1.81 bits per heavy atom. The molecule has 1 saturated heterocycles. The molecule has 8 heteroatoms. The molecule has 0 bridgehead atoms. The van der Waals surface area contributed by atoms with Gasteiger partial charge in [-0.25, -0.2) is 4.98 Å². The summed E-state index contributed by atoms with van der Waals surface area (Å²) in [4.78, 5) is 39.7. The number of carbonyl (C=O) groups excluding carboxylic acids is 2. The van der Waals surface area contributed by atoms with Gasteiger partial charge in [-0.05, 0) is 25.5 Å². The summed E-state index contributed by atoms with van der Waals surface area (Å²) in [5, 5.41) is 0. The van der Waals surface area contributed by atoms with Crippen molar-refractivity contribution in [2.24, 2.45) is 0 Å². The number of amides is 2. The Bertz CT molecular complexity index is 879. The summed E-state index contributed by atoms with van der Waals surface area (Å²) in [6, 6.07) is 7.93. The van der Waals surface area contributed by atoms with Crippen molar-refractivity contribution in [3.05, 3.63) is 48.0 Å². The molecule has 1 fully saturated rings. The fourth-order valence-electron chi connectivity index (χ4n) is 3.73. The van der Waals surface area contributed by atoms with Crippen molar-refractivity contribution < 1.29 is 14.3 Å². The quantitative estimate of drug-likeness (QED) is 0.646. The molecule has 1 aliphatic rings. The number of rotatable bonds is 8. The van der Waals surface area contributed by atoms with Gasteiger partial charge in [-0.1, -0.05) is 19.1 Å². The van der Waals surface area contributed by atoms with Crippen LogP contribution in [0, 0.1) is 6.92 Å². The zero-order valence-electron chi connectivity index (χ0n) is 18.6. The summed E-state index contributed by atoms with van der Waals surface area (Å²) < 4.78 is 5.46. The molecule has 8 nitrogen and oxygen atoms in total. The number of piperazine rings is 1. The molecule has 0 aliphatic carbocycles. The van der Waals surface area contributed by atoms with Crippen molar-refractivity contribution in [2.45, 2.75) is 26.7 Å². The lowest BCUT2D eigenvalue weighted by Gasteiger charge is -2.37. The number of methoxy groups -OCH3 is 1. The molecule has 1 aromatic carbocycles. The van der Waals surface area contributed by atoms with E-state index in [1.54, 1.807) is 18.2 Å². The van der Waals surface area contributed by atoms with E-state index in [9.17, 15) is 9.59 Å². The van der Waals surface area contributed by atoms with E-state index in [4.69, 9.17) is 4.74 Å². The van der Waals surface area contributed by atoms with Crippen LogP contribution >= 0.6 is 0 Å². The van der Waals surface area contributed by atoms with Gasteiger partial charge in [0.25, 0.3) is 5.91 Å². The van der Waals surface area contributed by atoms with Crippen LogP contribution in [0.3, 0.4) is 0 Å². The summed E-state index contributed by atoms with van der Waals surface area (Å²) in [6.45, 7) is 7.63. The molecule has 0 N–H and O–H groups in total. The van der Waals surface area contributed by atoms with Crippen LogP contribution in [0.15, 0.2) is 36.7 Å². The highest BCUT2D eigenvalue weighted by atomic mass is 16.5. The van der Waals surface area contributed by atoms with E-state index in [-0.39, 0.29) is 11.8 Å². The Balaban J connectivity index is 1.53. The smallest absolute Gasteiger partial charge is 0.274 e. The monoisotopic (exact) mass is 425 g/mol. The first kappa shape index (κ1) is 22.5. The maximum absolute atomic E-state index is 12.8. The minimum Gasteiger partial charge on any atom is -0.495 e. The molecule has 2 amide bonds. The van der Waals surface area contributed by atoms with Gasteiger partial charge in [0.15, 0.2) is 0 Å². The van der Waals surface area contributed by atoms with Crippen LogP contribution in [0.25, 0.3) is 0 Å². The molecule has 0 saturated carbocycles. The zero-order valence-corrected chi connectivity index (χ0v) is 18.6. The topological polar surface area (TPSA) is 78.9 Å². The fourth-order valence-corrected chi connectivity index (χ4v) is 3.73. The second-order valence-corrected chi connectivity index (χ2v) is 7.62. The predicted molar refractivity (Wildman–Crippen MR) is 119 cm³/mol. The number of aryl methyl sites for hydroxylation is 1. The van der Waals surface area contributed by atoms with Gasteiger partial charge in [-0.2, -0.15) is 0 Å². The number of benzene rings is 1. The lowest BCUT2D eigenvalue weighted by atomic mass is 10.2. The minimum atomic E-state index is -0.178. The highest BCUT2D eigenvalue weighted by Crippen LogP contribution is 2.28. The molecule has 0 atom stereocenters. The van der Waals surface area contributed by atoms with E-state index in [2.05, 4.69) is 14.9 Å². The largest absolute Gasteiger partial charge is 0.495 e. The summed E-state index contributed by atoms with van der Waals surface area (Å²) in [5.41, 5.74) is 2.13. The van der Waals surface area contributed by atoms with Crippen LogP contribution in [-0.4, -0.2) is 78.0 Å². The van der Waals surface area contributed by atoms with Crippen LogP contribution in [-0.2, 0) is 4.79 Å². The Kier molecular flexibility index (Phi) is 7.81. The number of carbonyl (C=O) groups is 2. The molecule has 0 unspecified atom stereocenters. The number of anilines is 1. The fraction of sp³-hybridized carbons (Fsp3) is 0.478. The first-order valence-electron chi connectivity index (χ1n) is 10.8. The highest BCUT2D eigenvalue weighted by molar-refractivity contribution is 5.92. The third kappa shape index (κ3) is 5.71. The lowest BCUT2D eigenvalue weighted by Crippen LogP contribution is -2.49. The van der Waals surface area contributed by atoms with Crippen molar-refractivity contribution >= 4 is 17.5 Å². The molecule has 0 radical (unpaired) electrons. The van der Waals surface area contributed by atoms with Gasteiger partial charge in [-0.3, -0.25) is 14.6 Å². The number of hydrogen-bond acceptors (Lipinski definition) is 6. The van der Waals surface area contributed by atoms with Crippen LogP contribution in [0.5, 0.6) is 5.75 Å². The van der Waals surface area contributed by atoms with Gasteiger partial charge >= 0.3 is 0 Å². The highest BCUT2D eigenvalue weighted by Gasteiger charge is 2.24. The van der Waals surface area contributed by atoms with Gasteiger partial charge in [0.05, 0.1) is 24.7 Å².